The Labute approximate surface area is 290 Å². The van der Waals surface area contributed by atoms with Crippen LogP contribution >= 0.6 is 19.3 Å². The van der Waals surface area contributed by atoms with Gasteiger partial charge in [0, 0.05) is 15.9 Å². The topological polar surface area (TPSA) is 64.1 Å². The Morgan fingerprint density at radius 1 is 0.667 bits per heavy atom. The number of ether oxygens (including phenoxy) is 3. The molecule has 0 fully saturated rings. The quantitative estimate of drug-likeness (QED) is 0.109. The lowest BCUT2D eigenvalue weighted by Crippen LogP contribution is -2.50. The maximum absolute atomic E-state index is 5.97. The second-order valence-electron chi connectivity index (χ2n) is 12.9. The summed E-state index contributed by atoms with van der Waals surface area (Å²) in [4.78, 5) is 0. The second kappa shape index (κ2) is 15.3. The van der Waals surface area contributed by atoms with E-state index < -0.39 is 7.05 Å². The Morgan fingerprint density at radius 2 is 1.12 bits per heavy atom. The highest BCUT2D eigenvalue weighted by Crippen LogP contribution is 2.47. The molecule has 0 aliphatic rings. The van der Waals surface area contributed by atoms with Crippen LogP contribution in [0.1, 0.15) is 39.3 Å². The van der Waals surface area contributed by atoms with E-state index in [1.54, 1.807) is 21.3 Å². The monoisotopic (exact) mass is 679 g/mol. The minimum absolute atomic E-state index is 0.0122. The van der Waals surface area contributed by atoms with Crippen LogP contribution in [-0.2, 0) is 0 Å². The average molecular weight is 680 g/mol. The van der Waals surface area contributed by atoms with Gasteiger partial charge in [0.15, 0.2) is 5.11 Å². The first-order valence-corrected chi connectivity index (χ1v) is 18.3. The van der Waals surface area contributed by atoms with Gasteiger partial charge in [0.1, 0.15) is 17.2 Å². The highest BCUT2D eigenvalue weighted by Gasteiger charge is 2.31. The SMILES string of the molecule is COc1ccc(P(=NC[C@@H](NC(=S)N[C@@H](C)c2cccc3ccccc23)C(C)(C)C)(c2ccc(OC)cc2)c2ccc(OC)cc2)cc1. The Balaban J connectivity index is 1.57. The third-order valence-electron chi connectivity index (χ3n) is 8.80. The lowest BCUT2D eigenvalue weighted by molar-refractivity contribution is 0.302. The molecule has 0 saturated heterocycles. The number of thiocarbonyl (C=S) groups is 1. The molecule has 0 heterocycles. The van der Waals surface area contributed by atoms with Gasteiger partial charge >= 0.3 is 0 Å². The number of fused-ring (bicyclic) bond motifs is 1. The zero-order valence-corrected chi connectivity index (χ0v) is 30.6. The predicted molar refractivity (Wildman–Crippen MR) is 207 cm³/mol. The van der Waals surface area contributed by atoms with Crippen LogP contribution in [0.25, 0.3) is 10.8 Å². The summed E-state index contributed by atoms with van der Waals surface area (Å²) >= 11 is 5.97. The number of nitrogens with zero attached hydrogens (tertiary/aromatic N) is 1. The van der Waals surface area contributed by atoms with Crippen molar-refractivity contribution in [1.82, 2.24) is 10.6 Å². The number of methoxy groups -OCH3 is 3. The Hall–Kier alpha value is -4.32. The lowest BCUT2D eigenvalue weighted by atomic mass is 9.87. The van der Waals surface area contributed by atoms with Crippen molar-refractivity contribution in [2.24, 2.45) is 10.2 Å². The summed E-state index contributed by atoms with van der Waals surface area (Å²) in [5.41, 5.74) is 1.05. The van der Waals surface area contributed by atoms with Crippen LogP contribution in [0.15, 0.2) is 120 Å². The van der Waals surface area contributed by atoms with Crippen molar-refractivity contribution < 1.29 is 14.2 Å². The van der Waals surface area contributed by atoms with Gasteiger partial charge in [0.05, 0.1) is 47.0 Å². The molecule has 48 heavy (non-hydrogen) atoms. The molecule has 2 atom stereocenters. The van der Waals surface area contributed by atoms with Crippen molar-refractivity contribution in [3.05, 3.63) is 121 Å². The van der Waals surface area contributed by atoms with Crippen molar-refractivity contribution in [3.63, 3.8) is 0 Å². The predicted octanol–water partition coefficient (Wildman–Crippen LogP) is 7.98. The minimum atomic E-state index is -2.56. The van der Waals surface area contributed by atoms with Crippen molar-refractivity contribution in [3.8, 4) is 17.2 Å². The Kier molecular flexibility index (Phi) is 11.1. The van der Waals surface area contributed by atoms with Gasteiger partial charge < -0.3 is 24.8 Å². The smallest absolute Gasteiger partial charge is 0.167 e. The minimum Gasteiger partial charge on any atom is -0.497 e. The third kappa shape index (κ3) is 7.69. The van der Waals surface area contributed by atoms with Gasteiger partial charge in [-0.15, -0.1) is 0 Å². The number of nitrogens with one attached hydrogen (secondary N) is 2. The normalized spacial score (nSPS) is 12.9. The molecular weight excluding hydrogens is 633 g/mol. The van der Waals surface area contributed by atoms with E-state index in [1.165, 1.54) is 16.3 Å². The van der Waals surface area contributed by atoms with E-state index in [4.69, 9.17) is 31.2 Å². The molecule has 0 amide bonds. The van der Waals surface area contributed by atoms with Crippen LogP contribution < -0.4 is 40.8 Å². The van der Waals surface area contributed by atoms with E-state index >= 15 is 0 Å². The van der Waals surface area contributed by atoms with E-state index in [9.17, 15) is 0 Å². The van der Waals surface area contributed by atoms with Crippen LogP contribution in [0.4, 0.5) is 0 Å². The zero-order valence-electron chi connectivity index (χ0n) is 28.9. The highest BCUT2D eigenvalue weighted by molar-refractivity contribution is 7.87. The molecule has 0 aromatic heterocycles. The lowest BCUT2D eigenvalue weighted by Gasteiger charge is -2.34. The summed E-state index contributed by atoms with van der Waals surface area (Å²) in [6.45, 7) is 9.35. The van der Waals surface area contributed by atoms with Crippen LogP contribution in [-0.4, -0.2) is 39.0 Å². The van der Waals surface area contributed by atoms with Crippen LogP contribution in [0, 0.1) is 5.41 Å². The van der Waals surface area contributed by atoms with Crippen molar-refractivity contribution in [2.45, 2.75) is 39.8 Å². The van der Waals surface area contributed by atoms with Crippen LogP contribution in [0.5, 0.6) is 17.2 Å². The number of rotatable bonds is 11. The van der Waals surface area contributed by atoms with E-state index in [0.717, 1.165) is 33.2 Å². The summed E-state index contributed by atoms with van der Waals surface area (Å²) in [7, 11) is 2.50. The maximum Gasteiger partial charge on any atom is 0.167 e. The molecule has 8 heteroatoms. The fraction of sp³-hybridized carbons (Fsp3) is 0.275. The molecule has 6 nitrogen and oxygen atoms in total. The van der Waals surface area contributed by atoms with Crippen molar-refractivity contribution >= 4 is 51.1 Å². The first-order chi connectivity index (χ1) is 23.1. The molecule has 0 bridgehead atoms. The summed E-state index contributed by atoms with van der Waals surface area (Å²) < 4.78 is 22.4. The van der Waals surface area contributed by atoms with E-state index in [-0.39, 0.29) is 17.5 Å². The summed E-state index contributed by atoms with van der Waals surface area (Å²) in [5.74, 6) is 2.40. The fourth-order valence-electron chi connectivity index (χ4n) is 5.93. The van der Waals surface area contributed by atoms with Gasteiger partial charge in [-0.3, -0.25) is 4.74 Å². The fourth-order valence-corrected chi connectivity index (χ4v) is 9.78. The molecule has 0 unspecified atom stereocenters. The van der Waals surface area contributed by atoms with Gasteiger partial charge in [0.2, 0.25) is 0 Å². The summed E-state index contributed by atoms with van der Waals surface area (Å²) in [6.07, 6.45) is 0. The van der Waals surface area contributed by atoms with E-state index in [1.807, 2.05) is 36.4 Å². The highest BCUT2D eigenvalue weighted by atomic mass is 32.1. The number of hydrogen-bond acceptors (Lipinski definition) is 5. The zero-order chi connectivity index (χ0) is 34.3. The first-order valence-electron chi connectivity index (χ1n) is 16.2. The molecule has 250 valence electrons. The molecule has 0 saturated carbocycles. The molecule has 0 radical (unpaired) electrons. The summed E-state index contributed by atoms with van der Waals surface area (Å²) in [6, 6.07) is 39.7. The molecule has 5 aromatic carbocycles. The standard InChI is InChI=1S/C40H46N3O3PS/c1-28(36-14-10-12-29-11-8-9-13-37(29)36)42-39(48)43-38(40(2,3)4)27-41-47(33-21-15-30(44-5)16-22-33,34-23-17-31(45-6)18-24-34)35-25-19-32(46-7)20-26-35/h8-26,28,38H,27H2,1-7H3,(H2,42,43,48)/t28-,38+/m0/s1. The molecule has 0 aliphatic carbocycles. The summed E-state index contributed by atoms with van der Waals surface area (Å²) in [5, 5.41) is 13.6. The average Bonchev–Trinajstić information content (AvgIpc) is 3.11. The maximum atomic E-state index is 5.97. The largest absolute Gasteiger partial charge is 0.497 e. The molecule has 2 N–H and O–H groups in total. The first kappa shape index (κ1) is 35.0. The van der Waals surface area contributed by atoms with Gasteiger partial charge in [-0.1, -0.05) is 63.2 Å². The second-order valence-corrected chi connectivity index (χ2v) is 16.4. The van der Waals surface area contributed by atoms with E-state index in [0.29, 0.717) is 11.7 Å². The molecular formula is C40H46N3O3PS. The van der Waals surface area contributed by atoms with Crippen molar-refractivity contribution in [1.29, 1.82) is 0 Å². The number of benzene rings is 5. The Morgan fingerprint density at radius 3 is 1.58 bits per heavy atom. The molecule has 5 rings (SSSR count). The molecule has 0 aliphatic heterocycles. The number of hydrogen-bond donors (Lipinski definition) is 2. The van der Waals surface area contributed by atoms with E-state index in [2.05, 4.69) is 117 Å². The molecule has 5 aromatic rings. The van der Waals surface area contributed by atoms with Gasteiger partial charge in [-0.2, -0.15) is 0 Å². The van der Waals surface area contributed by atoms with Crippen LogP contribution in [0.3, 0.4) is 0 Å². The van der Waals surface area contributed by atoms with Crippen molar-refractivity contribution in [2.75, 3.05) is 27.9 Å². The van der Waals surface area contributed by atoms with Gasteiger partial charge in [-0.25, -0.2) is 0 Å². The Bertz CT molecular complexity index is 1760. The van der Waals surface area contributed by atoms with Gasteiger partial charge in [-0.05, 0) is 114 Å². The van der Waals surface area contributed by atoms with Gasteiger partial charge in [0.25, 0.3) is 0 Å². The molecule has 0 spiro atoms. The van der Waals surface area contributed by atoms with Crippen LogP contribution in [0.2, 0.25) is 0 Å². The third-order valence-corrected chi connectivity index (χ3v) is 12.8.